The van der Waals surface area contributed by atoms with Gasteiger partial charge in [0, 0.05) is 18.2 Å². The van der Waals surface area contributed by atoms with Crippen LogP contribution in [0.2, 0.25) is 5.02 Å². The second kappa shape index (κ2) is 6.68. The molecule has 0 bridgehead atoms. The zero-order chi connectivity index (χ0) is 14.5. The van der Waals surface area contributed by atoms with E-state index in [9.17, 15) is 8.78 Å². The third-order valence-electron chi connectivity index (χ3n) is 2.78. The maximum Gasteiger partial charge on any atom is 0.138 e. The van der Waals surface area contributed by atoms with E-state index in [1.165, 1.54) is 12.1 Å². The van der Waals surface area contributed by atoms with Crippen molar-refractivity contribution in [2.75, 3.05) is 7.05 Å². The number of hydrogen-bond acceptors (Lipinski definition) is 2. The van der Waals surface area contributed by atoms with Gasteiger partial charge in [-0.15, -0.1) is 0 Å². The minimum atomic E-state index is -0.632. The molecule has 0 fully saturated rings. The van der Waals surface area contributed by atoms with E-state index >= 15 is 0 Å². The normalized spacial score (nSPS) is 10.6. The quantitative estimate of drug-likeness (QED) is 0.903. The van der Waals surface area contributed by atoms with Gasteiger partial charge < -0.3 is 10.1 Å². The van der Waals surface area contributed by atoms with Crippen molar-refractivity contribution in [2.45, 2.75) is 13.2 Å². The molecule has 0 aromatic heterocycles. The van der Waals surface area contributed by atoms with Crippen molar-refractivity contribution in [1.82, 2.24) is 5.32 Å². The highest BCUT2D eigenvalue weighted by molar-refractivity contribution is 6.32. The Morgan fingerprint density at radius 3 is 2.60 bits per heavy atom. The molecule has 0 atom stereocenters. The number of ether oxygens (including phenoxy) is 1. The van der Waals surface area contributed by atoms with Crippen LogP contribution >= 0.6 is 11.6 Å². The van der Waals surface area contributed by atoms with E-state index in [1.807, 2.05) is 13.1 Å². The second-order valence-electron chi connectivity index (χ2n) is 4.32. The van der Waals surface area contributed by atoms with Crippen molar-refractivity contribution in [3.8, 4) is 5.75 Å². The summed E-state index contributed by atoms with van der Waals surface area (Å²) in [5.74, 6) is -0.774. The van der Waals surface area contributed by atoms with Gasteiger partial charge in [-0.3, -0.25) is 0 Å². The molecule has 2 aromatic rings. The van der Waals surface area contributed by atoms with Crippen LogP contribution in [0.1, 0.15) is 11.1 Å². The first kappa shape index (κ1) is 14.8. The predicted octanol–water partition coefficient (Wildman–Crippen LogP) is 3.92. The standard InChI is InChI=1S/C15H14ClF2NO/c1-19-8-10-2-5-15(13(16)6-10)20-9-11-3-4-12(17)7-14(11)18/h2-7,19H,8-9H2,1H3. The molecule has 106 valence electrons. The Morgan fingerprint density at radius 2 is 1.95 bits per heavy atom. The molecule has 20 heavy (non-hydrogen) atoms. The molecule has 0 aliphatic carbocycles. The zero-order valence-corrected chi connectivity index (χ0v) is 11.7. The summed E-state index contributed by atoms with van der Waals surface area (Å²) in [6.45, 7) is 0.698. The summed E-state index contributed by atoms with van der Waals surface area (Å²) in [5, 5.41) is 3.48. The molecule has 0 amide bonds. The Balaban J connectivity index is 2.07. The van der Waals surface area contributed by atoms with Gasteiger partial charge in [0.2, 0.25) is 0 Å². The van der Waals surface area contributed by atoms with Crippen molar-refractivity contribution in [3.63, 3.8) is 0 Å². The van der Waals surface area contributed by atoms with E-state index in [0.29, 0.717) is 17.3 Å². The Bertz CT molecular complexity index is 604. The lowest BCUT2D eigenvalue weighted by Crippen LogP contribution is -2.05. The highest BCUT2D eigenvalue weighted by Crippen LogP contribution is 2.26. The Morgan fingerprint density at radius 1 is 1.15 bits per heavy atom. The van der Waals surface area contributed by atoms with Gasteiger partial charge in [-0.2, -0.15) is 0 Å². The summed E-state index contributed by atoms with van der Waals surface area (Å²) in [7, 11) is 1.84. The number of hydrogen-bond donors (Lipinski definition) is 1. The number of benzene rings is 2. The summed E-state index contributed by atoms with van der Waals surface area (Å²) < 4.78 is 31.7. The smallest absolute Gasteiger partial charge is 0.138 e. The van der Waals surface area contributed by atoms with E-state index in [-0.39, 0.29) is 12.2 Å². The Labute approximate surface area is 121 Å². The largest absolute Gasteiger partial charge is 0.487 e. The average Bonchev–Trinajstić information content (AvgIpc) is 2.40. The van der Waals surface area contributed by atoms with Gasteiger partial charge in [-0.05, 0) is 36.9 Å². The molecule has 2 aromatic carbocycles. The zero-order valence-electron chi connectivity index (χ0n) is 10.9. The van der Waals surface area contributed by atoms with E-state index < -0.39 is 11.6 Å². The highest BCUT2D eigenvalue weighted by atomic mass is 35.5. The van der Waals surface area contributed by atoms with Crippen molar-refractivity contribution in [2.24, 2.45) is 0 Å². The molecule has 0 saturated carbocycles. The Kier molecular flexibility index (Phi) is 4.93. The second-order valence-corrected chi connectivity index (χ2v) is 4.73. The molecule has 0 aliphatic rings. The maximum atomic E-state index is 13.5. The predicted molar refractivity (Wildman–Crippen MR) is 74.9 cm³/mol. The molecule has 1 N–H and O–H groups in total. The molecule has 0 aliphatic heterocycles. The first-order valence-electron chi connectivity index (χ1n) is 6.10. The van der Waals surface area contributed by atoms with Crippen molar-refractivity contribution in [3.05, 3.63) is 64.2 Å². The maximum absolute atomic E-state index is 13.5. The molecular weight excluding hydrogens is 284 g/mol. The molecular formula is C15H14ClF2NO. The van der Waals surface area contributed by atoms with E-state index in [2.05, 4.69) is 5.32 Å². The van der Waals surface area contributed by atoms with E-state index in [0.717, 1.165) is 11.6 Å². The van der Waals surface area contributed by atoms with Crippen LogP contribution in [0.3, 0.4) is 0 Å². The summed E-state index contributed by atoms with van der Waals surface area (Å²) in [6, 6.07) is 8.77. The fourth-order valence-electron chi connectivity index (χ4n) is 1.77. The van der Waals surface area contributed by atoms with Gasteiger partial charge in [-0.25, -0.2) is 8.78 Å². The molecule has 0 unspecified atom stereocenters. The third-order valence-corrected chi connectivity index (χ3v) is 3.07. The third kappa shape index (κ3) is 3.68. The molecule has 2 nitrogen and oxygen atoms in total. The molecule has 0 spiro atoms. The van der Waals surface area contributed by atoms with Crippen molar-refractivity contribution >= 4 is 11.6 Å². The van der Waals surface area contributed by atoms with Crippen LogP contribution < -0.4 is 10.1 Å². The van der Waals surface area contributed by atoms with Crippen LogP contribution in [0.5, 0.6) is 5.75 Å². The lowest BCUT2D eigenvalue weighted by molar-refractivity contribution is 0.299. The fourth-order valence-corrected chi connectivity index (χ4v) is 2.03. The Hall–Kier alpha value is -1.65. The molecule has 2 rings (SSSR count). The number of nitrogens with one attached hydrogen (secondary N) is 1. The molecule has 0 heterocycles. The first-order chi connectivity index (χ1) is 9.60. The summed E-state index contributed by atoms with van der Waals surface area (Å²) in [5.41, 5.74) is 1.31. The van der Waals surface area contributed by atoms with Crippen molar-refractivity contribution in [1.29, 1.82) is 0 Å². The molecule has 0 saturated heterocycles. The van der Waals surface area contributed by atoms with Crippen LogP contribution in [0.4, 0.5) is 8.78 Å². The topological polar surface area (TPSA) is 21.3 Å². The van der Waals surface area contributed by atoms with Gasteiger partial charge in [0.15, 0.2) is 0 Å². The summed E-state index contributed by atoms with van der Waals surface area (Å²) in [6.07, 6.45) is 0. The van der Waals surface area contributed by atoms with Crippen LogP contribution in [-0.2, 0) is 13.2 Å². The minimum Gasteiger partial charge on any atom is -0.487 e. The number of halogens is 3. The SMILES string of the molecule is CNCc1ccc(OCc2ccc(F)cc2F)c(Cl)c1. The number of rotatable bonds is 5. The highest BCUT2D eigenvalue weighted by Gasteiger charge is 2.07. The van der Waals surface area contributed by atoms with Crippen LogP contribution in [0.25, 0.3) is 0 Å². The van der Waals surface area contributed by atoms with Crippen LogP contribution in [0, 0.1) is 11.6 Å². The van der Waals surface area contributed by atoms with Gasteiger partial charge in [0.1, 0.15) is 24.0 Å². The molecule has 0 radical (unpaired) electrons. The van der Waals surface area contributed by atoms with Crippen molar-refractivity contribution < 1.29 is 13.5 Å². The van der Waals surface area contributed by atoms with E-state index in [1.54, 1.807) is 12.1 Å². The molecule has 5 heteroatoms. The summed E-state index contributed by atoms with van der Waals surface area (Å²) in [4.78, 5) is 0. The lowest BCUT2D eigenvalue weighted by atomic mass is 10.2. The van der Waals surface area contributed by atoms with Crippen LogP contribution in [0.15, 0.2) is 36.4 Å². The monoisotopic (exact) mass is 297 g/mol. The summed E-state index contributed by atoms with van der Waals surface area (Å²) >= 11 is 6.09. The van der Waals surface area contributed by atoms with Crippen LogP contribution in [-0.4, -0.2) is 7.05 Å². The van der Waals surface area contributed by atoms with E-state index in [4.69, 9.17) is 16.3 Å². The average molecular weight is 298 g/mol. The fraction of sp³-hybridized carbons (Fsp3) is 0.200. The lowest BCUT2D eigenvalue weighted by Gasteiger charge is -2.10. The van der Waals surface area contributed by atoms with Gasteiger partial charge in [-0.1, -0.05) is 17.7 Å². The van der Waals surface area contributed by atoms with Gasteiger partial charge in [0.25, 0.3) is 0 Å². The first-order valence-corrected chi connectivity index (χ1v) is 6.47. The van der Waals surface area contributed by atoms with Gasteiger partial charge >= 0.3 is 0 Å². The minimum absolute atomic E-state index is 0.00277. The van der Waals surface area contributed by atoms with Gasteiger partial charge in [0.05, 0.1) is 5.02 Å².